The molecule has 2 rings (SSSR count). The van der Waals surface area contributed by atoms with Crippen LogP contribution < -0.4 is 0 Å². The van der Waals surface area contributed by atoms with Gasteiger partial charge in [0.1, 0.15) is 0 Å². The summed E-state index contributed by atoms with van der Waals surface area (Å²) < 4.78 is 9.73. The Morgan fingerprint density at radius 2 is 2.07 bits per heavy atom. The van der Waals surface area contributed by atoms with Crippen molar-refractivity contribution in [2.45, 2.75) is 0 Å². The summed E-state index contributed by atoms with van der Waals surface area (Å²) in [4.78, 5) is 14.9. The normalized spacial score (nSPS) is 9.93. The number of rotatable bonds is 2. The molecule has 0 amide bonds. The van der Waals surface area contributed by atoms with Crippen LogP contribution in [0.5, 0.6) is 0 Å². The highest BCUT2D eigenvalue weighted by Gasteiger charge is 2.13. The van der Waals surface area contributed by atoms with Gasteiger partial charge in [-0.1, -0.05) is 30.3 Å². The smallest absolute Gasteiger partial charge is 0.394 e. The number of methoxy groups -OCH3 is 1. The molecule has 4 nitrogen and oxygen atoms in total. The molecule has 0 saturated heterocycles. The monoisotopic (exact) mass is 203 g/mol. The lowest BCUT2D eigenvalue weighted by Crippen LogP contribution is -2.00. The first-order chi connectivity index (χ1) is 7.31. The zero-order valence-electron chi connectivity index (χ0n) is 8.14. The minimum Gasteiger partial charge on any atom is -0.462 e. The Morgan fingerprint density at radius 3 is 2.73 bits per heavy atom. The minimum absolute atomic E-state index is 0.0312. The summed E-state index contributed by atoms with van der Waals surface area (Å²) in [7, 11) is 1.29. The maximum Gasteiger partial charge on any atom is 0.394 e. The lowest BCUT2D eigenvalue weighted by atomic mass is 10.2. The first-order valence-corrected chi connectivity index (χ1v) is 4.41. The number of oxazole rings is 1. The van der Waals surface area contributed by atoms with Crippen LogP contribution in [0.4, 0.5) is 0 Å². The van der Waals surface area contributed by atoms with E-state index in [0.29, 0.717) is 5.76 Å². The van der Waals surface area contributed by atoms with Gasteiger partial charge in [-0.25, -0.2) is 9.78 Å². The molecule has 0 bridgehead atoms. The van der Waals surface area contributed by atoms with Crippen molar-refractivity contribution >= 4 is 5.97 Å². The standard InChI is InChI=1S/C11H9NO3/c1-14-11(13)10-12-7-9(15-10)8-5-3-2-4-6-8/h2-7H,1H3. The highest BCUT2D eigenvalue weighted by Crippen LogP contribution is 2.19. The van der Waals surface area contributed by atoms with Crippen LogP contribution >= 0.6 is 0 Å². The summed E-state index contributed by atoms with van der Waals surface area (Å²) in [6.45, 7) is 0. The van der Waals surface area contributed by atoms with E-state index < -0.39 is 5.97 Å². The van der Waals surface area contributed by atoms with E-state index in [0.717, 1.165) is 5.56 Å². The number of hydrogen-bond donors (Lipinski definition) is 0. The van der Waals surface area contributed by atoms with E-state index in [1.807, 2.05) is 30.3 Å². The molecule has 0 unspecified atom stereocenters. The average molecular weight is 203 g/mol. The summed E-state index contributed by atoms with van der Waals surface area (Å²) in [5.74, 6) is -0.0514. The zero-order chi connectivity index (χ0) is 10.7. The van der Waals surface area contributed by atoms with Crippen LogP contribution in [0.1, 0.15) is 10.7 Å². The summed E-state index contributed by atoms with van der Waals surface area (Å²) in [6.07, 6.45) is 1.50. The number of carbonyl (C=O) groups excluding carboxylic acids is 1. The molecule has 0 N–H and O–H groups in total. The third-order valence-electron chi connectivity index (χ3n) is 1.92. The second kappa shape index (κ2) is 3.96. The molecule has 4 heteroatoms. The summed E-state index contributed by atoms with van der Waals surface area (Å²) in [5.41, 5.74) is 0.875. The number of carbonyl (C=O) groups is 1. The van der Waals surface area contributed by atoms with Gasteiger partial charge < -0.3 is 9.15 Å². The molecule has 2 aromatic rings. The molecule has 1 heterocycles. The van der Waals surface area contributed by atoms with E-state index in [-0.39, 0.29) is 5.89 Å². The Hall–Kier alpha value is -2.10. The SMILES string of the molecule is COC(=O)c1ncc(-c2ccccc2)o1. The summed E-state index contributed by atoms with van der Waals surface area (Å²) in [5, 5.41) is 0. The number of aromatic nitrogens is 1. The molecule has 0 aliphatic rings. The number of hydrogen-bond acceptors (Lipinski definition) is 4. The Kier molecular flexibility index (Phi) is 2.49. The highest BCUT2D eigenvalue weighted by molar-refractivity contribution is 5.84. The van der Waals surface area contributed by atoms with Crippen LogP contribution in [-0.2, 0) is 4.74 Å². The molecule has 0 aliphatic heterocycles. The predicted octanol–water partition coefficient (Wildman–Crippen LogP) is 2.13. The van der Waals surface area contributed by atoms with Crippen LogP contribution in [0, 0.1) is 0 Å². The lowest BCUT2D eigenvalue weighted by Gasteiger charge is -1.94. The van der Waals surface area contributed by atoms with Crippen molar-refractivity contribution in [3.63, 3.8) is 0 Å². The van der Waals surface area contributed by atoms with Crippen LogP contribution in [0.15, 0.2) is 40.9 Å². The Morgan fingerprint density at radius 1 is 1.33 bits per heavy atom. The van der Waals surface area contributed by atoms with E-state index in [9.17, 15) is 4.79 Å². The number of ether oxygens (including phenoxy) is 1. The summed E-state index contributed by atoms with van der Waals surface area (Å²) >= 11 is 0. The van der Waals surface area contributed by atoms with Crippen molar-refractivity contribution in [1.82, 2.24) is 4.98 Å². The zero-order valence-corrected chi connectivity index (χ0v) is 8.14. The van der Waals surface area contributed by atoms with Crippen molar-refractivity contribution in [3.05, 3.63) is 42.4 Å². The van der Waals surface area contributed by atoms with Gasteiger partial charge in [-0.2, -0.15) is 0 Å². The fourth-order valence-corrected chi connectivity index (χ4v) is 1.19. The molecule has 76 valence electrons. The van der Waals surface area contributed by atoms with Crippen molar-refractivity contribution in [3.8, 4) is 11.3 Å². The van der Waals surface area contributed by atoms with Crippen molar-refractivity contribution in [1.29, 1.82) is 0 Å². The molecule has 1 aromatic heterocycles. The quantitative estimate of drug-likeness (QED) is 0.701. The minimum atomic E-state index is -0.572. The molecule has 0 saturated carbocycles. The molecule has 15 heavy (non-hydrogen) atoms. The molecule has 0 fully saturated rings. The largest absolute Gasteiger partial charge is 0.462 e. The van der Waals surface area contributed by atoms with E-state index in [2.05, 4.69) is 9.72 Å². The summed E-state index contributed by atoms with van der Waals surface area (Å²) in [6, 6.07) is 9.43. The van der Waals surface area contributed by atoms with Crippen LogP contribution in [0.2, 0.25) is 0 Å². The van der Waals surface area contributed by atoms with Crippen molar-refractivity contribution in [2.75, 3.05) is 7.11 Å². The topological polar surface area (TPSA) is 52.3 Å². The second-order valence-electron chi connectivity index (χ2n) is 2.89. The third kappa shape index (κ3) is 1.88. The van der Waals surface area contributed by atoms with E-state index in [1.54, 1.807) is 0 Å². The first-order valence-electron chi connectivity index (χ1n) is 4.41. The van der Waals surface area contributed by atoms with Crippen molar-refractivity contribution < 1.29 is 13.9 Å². The van der Waals surface area contributed by atoms with Gasteiger partial charge in [-0.3, -0.25) is 0 Å². The second-order valence-corrected chi connectivity index (χ2v) is 2.89. The number of esters is 1. The van der Waals surface area contributed by atoms with E-state index >= 15 is 0 Å². The van der Waals surface area contributed by atoms with Crippen LogP contribution in [-0.4, -0.2) is 18.1 Å². The van der Waals surface area contributed by atoms with Gasteiger partial charge in [0.05, 0.1) is 13.3 Å². The average Bonchev–Trinajstić information content (AvgIpc) is 2.78. The maximum absolute atomic E-state index is 11.1. The van der Waals surface area contributed by atoms with E-state index in [4.69, 9.17) is 4.42 Å². The molecule has 0 atom stereocenters. The molecular weight excluding hydrogens is 194 g/mol. The van der Waals surface area contributed by atoms with Gasteiger partial charge >= 0.3 is 11.9 Å². The lowest BCUT2D eigenvalue weighted by molar-refractivity contribution is 0.0557. The van der Waals surface area contributed by atoms with Gasteiger partial charge in [0.2, 0.25) is 0 Å². The van der Waals surface area contributed by atoms with E-state index in [1.165, 1.54) is 13.3 Å². The van der Waals surface area contributed by atoms with Gasteiger partial charge in [0.25, 0.3) is 0 Å². The molecule has 1 aromatic carbocycles. The van der Waals surface area contributed by atoms with Gasteiger partial charge in [-0.15, -0.1) is 0 Å². The van der Waals surface area contributed by atoms with Crippen LogP contribution in [0.25, 0.3) is 11.3 Å². The first kappa shape index (κ1) is 9.45. The fraction of sp³-hybridized carbons (Fsp3) is 0.0909. The number of nitrogens with zero attached hydrogens (tertiary/aromatic N) is 1. The Bertz CT molecular complexity index is 462. The maximum atomic E-state index is 11.1. The van der Waals surface area contributed by atoms with Crippen molar-refractivity contribution in [2.24, 2.45) is 0 Å². The van der Waals surface area contributed by atoms with Gasteiger partial charge in [0.15, 0.2) is 5.76 Å². The molecule has 0 spiro atoms. The van der Waals surface area contributed by atoms with Gasteiger partial charge in [0, 0.05) is 5.56 Å². The molecule has 0 aliphatic carbocycles. The Balaban J connectivity index is 2.32. The fourth-order valence-electron chi connectivity index (χ4n) is 1.19. The Labute approximate surface area is 86.5 Å². The van der Waals surface area contributed by atoms with Gasteiger partial charge in [-0.05, 0) is 0 Å². The molecular formula is C11H9NO3. The molecule has 0 radical (unpaired) electrons. The van der Waals surface area contributed by atoms with Crippen LogP contribution in [0.3, 0.4) is 0 Å². The predicted molar refractivity (Wildman–Crippen MR) is 53.3 cm³/mol. The number of benzene rings is 1. The highest BCUT2D eigenvalue weighted by atomic mass is 16.5. The third-order valence-corrected chi connectivity index (χ3v) is 1.92.